The van der Waals surface area contributed by atoms with Crippen LogP contribution in [0.5, 0.6) is 5.75 Å². The van der Waals surface area contributed by atoms with Crippen molar-refractivity contribution in [3.8, 4) is 5.75 Å². The molecule has 3 aromatic rings. The Kier molecular flexibility index (Phi) is 6.53. The number of ether oxygens (including phenoxy) is 1. The molecule has 1 N–H and O–H groups in total. The van der Waals surface area contributed by atoms with Gasteiger partial charge < -0.3 is 9.64 Å². The summed E-state index contributed by atoms with van der Waals surface area (Å²) in [5.41, 5.74) is 0.250. The Morgan fingerprint density at radius 2 is 1.84 bits per heavy atom. The summed E-state index contributed by atoms with van der Waals surface area (Å²) in [6.45, 7) is 1.80. The highest BCUT2D eigenvalue weighted by atomic mass is 32.2. The first-order valence-corrected chi connectivity index (χ1v) is 12.4. The molecule has 1 saturated heterocycles. The molecule has 7 nitrogen and oxygen atoms in total. The zero-order valence-corrected chi connectivity index (χ0v) is 18.4. The van der Waals surface area contributed by atoms with Crippen molar-refractivity contribution in [1.82, 2.24) is 9.88 Å². The van der Waals surface area contributed by atoms with Gasteiger partial charge in [0, 0.05) is 24.4 Å². The number of hydrogen-bond donors (Lipinski definition) is 1. The highest BCUT2D eigenvalue weighted by Crippen LogP contribution is 2.24. The van der Waals surface area contributed by atoms with E-state index in [0.717, 1.165) is 29.9 Å². The molecular weight excluding hydrogens is 434 g/mol. The third-order valence-electron chi connectivity index (χ3n) is 5.03. The van der Waals surface area contributed by atoms with Gasteiger partial charge in [-0.25, -0.2) is 13.4 Å². The lowest BCUT2D eigenvalue weighted by Crippen LogP contribution is -2.41. The number of para-hydroxylation sites is 1. The van der Waals surface area contributed by atoms with E-state index in [4.69, 9.17) is 4.74 Å². The summed E-state index contributed by atoms with van der Waals surface area (Å²) >= 11 is 1.10. The van der Waals surface area contributed by atoms with Crippen molar-refractivity contribution in [2.45, 2.75) is 17.7 Å². The second-order valence-corrected chi connectivity index (χ2v) is 9.88. The number of hydrogen-bond acceptors (Lipinski definition) is 6. The largest absolute Gasteiger partial charge is 0.493 e. The van der Waals surface area contributed by atoms with Gasteiger partial charge in [-0.2, -0.15) is 0 Å². The number of piperidine rings is 1. The van der Waals surface area contributed by atoms with Gasteiger partial charge in [-0.15, -0.1) is 11.3 Å². The van der Waals surface area contributed by atoms with Crippen molar-refractivity contribution in [3.63, 3.8) is 0 Å². The third-order valence-corrected chi connectivity index (χ3v) is 7.28. The lowest BCUT2D eigenvalue weighted by atomic mass is 9.99. The molecule has 1 atom stereocenters. The Labute approximate surface area is 185 Å². The number of aromatic nitrogens is 1. The smallest absolute Gasteiger partial charge is 0.273 e. The highest BCUT2D eigenvalue weighted by Gasteiger charge is 2.27. The van der Waals surface area contributed by atoms with Crippen molar-refractivity contribution in [2.75, 3.05) is 24.4 Å². The van der Waals surface area contributed by atoms with Crippen molar-refractivity contribution >= 4 is 32.4 Å². The molecule has 0 saturated carbocycles. The fourth-order valence-electron chi connectivity index (χ4n) is 3.47. The van der Waals surface area contributed by atoms with Gasteiger partial charge in [-0.3, -0.25) is 9.52 Å². The van der Waals surface area contributed by atoms with E-state index in [0.29, 0.717) is 19.7 Å². The van der Waals surface area contributed by atoms with Crippen LogP contribution < -0.4 is 9.46 Å². The van der Waals surface area contributed by atoms with E-state index in [2.05, 4.69) is 9.71 Å². The topological polar surface area (TPSA) is 88.6 Å². The van der Waals surface area contributed by atoms with E-state index < -0.39 is 10.0 Å². The molecule has 1 unspecified atom stereocenters. The van der Waals surface area contributed by atoms with E-state index in [9.17, 15) is 13.2 Å². The van der Waals surface area contributed by atoms with Crippen molar-refractivity contribution in [1.29, 1.82) is 0 Å². The van der Waals surface area contributed by atoms with Gasteiger partial charge in [0.05, 0.1) is 11.5 Å². The number of carbonyl (C=O) groups excluding carboxylic acids is 1. The number of nitrogens with zero attached hydrogens (tertiary/aromatic N) is 2. The SMILES string of the molecule is O=C(c1csc(NS(=O)(=O)c2ccccc2)n1)N1CCCC(COc2ccccc2)C1. The summed E-state index contributed by atoms with van der Waals surface area (Å²) in [6, 6.07) is 17.7. The molecule has 162 valence electrons. The molecule has 0 bridgehead atoms. The Morgan fingerprint density at radius 3 is 2.58 bits per heavy atom. The molecule has 1 aliphatic rings. The van der Waals surface area contributed by atoms with Crippen LogP contribution in [0.1, 0.15) is 23.3 Å². The molecule has 0 radical (unpaired) electrons. The first kappa shape index (κ1) is 21.3. The van der Waals surface area contributed by atoms with Crippen LogP contribution in [-0.2, 0) is 10.0 Å². The molecule has 1 aromatic heterocycles. The van der Waals surface area contributed by atoms with Crippen LogP contribution in [0.4, 0.5) is 5.13 Å². The van der Waals surface area contributed by atoms with Crippen LogP contribution >= 0.6 is 11.3 Å². The zero-order valence-electron chi connectivity index (χ0n) is 16.8. The van der Waals surface area contributed by atoms with Gasteiger partial charge in [-0.05, 0) is 37.1 Å². The van der Waals surface area contributed by atoms with E-state index in [1.165, 1.54) is 12.1 Å². The van der Waals surface area contributed by atoms with Crippen LogP contribution in [-0.4, -0.2) is 43.9 Å². The Hall–Kier alpha value is -2.91. The average molecular weight is 458 g/mol. The molecule has 9 heteroatoms. The number of nitrogens with one attached hydrogen (secondary N) is 1. The molecule has 4 rings (SSSR count). The quantitative estimate of drug-likeness (QED) is 0.582. The van der Waals surface area contributed by atoms with Crippen LogP contribution in [0, 0.1) is 5.92 Å². The predicted octanol–water partition coefficient (Wildman–Crippen LogP) is 3.88. The van der Waals surface area contributed by atoms with E-state index >= 15 is 0 Å². The number of likely N-dealkylation sites (tertiary alicyclic amines) is 1. The molecule has 0 aliphatic carbocycles. The number of benzene rings is 2. The van der Waals surface area contributed by atoms with Crippen LogP contribution in [0.2, 0.25) is 0 Å². The van der Waals surface area contributed by atoms with E-state index in [-0.39, 0.29) is 27.5 Å². The molecule has 0 spiro atoms. The van der Waals surface area contributed by atoms with Gasteiger partial charge in [0.15, 0.2) is 5.13 Å². The van der Waals surface area contributed by atoms with E-state index in [1.54, 1.807) is 28.5 Å². The maximum Gasteiger partial charge on any atom is 0.273 e. The van der Waals surface area contributed by atoms with Crippen molar-refractivity contribution < 1.29 is 17.9 Å². The number of thiazole rings is 1. The summed E-state index contributed by atoms with van der Waals surface area (Å²) in [4.78, 5) is 19.1. The van der Waals surface area contributed by atoms with Gasteiger partial charge in [0.2, 0.25) is 0 Å². The number of rotatable bonds is 7. The second-order valence-electron chi connectivity index (χ2n) is 7.34. The molecule has 1 aliphatic heterocycles. The van der Waals surface area contributed by atoms with Crippen LogP contribution in [0.3, 0.4) is 0 Å². The molecule has 2 heterocycles. The Bertz CT molecular complexity index is 1120. The number of sulfonamides is 1. The molecule has 1 fully saturated rings. The minimum absolute atomic E-state index is 0.148. The first-order valence-electron chi connectivity index (χ1n) is 10.0. The maximum atomic E-state index is 12.9. The number of amides is 1. The number of anilines is 1. The predicted molar refractivity (Wildman–Crippen MR) is 120 cm³/mol. The molecule has 1 amide bonds. The summed E-state index contributed by atoms with van der Waals surface area (Å²) in [5, 5.41) is 1.77. The van der Waals surface area contributed by atoms with Crippen molar-refractivity contribution in [2.24, 2.45) is 5.92 Å². The fraction of sp³-hybridized carbons (Fsp3) is 0.273. The Morgan fingerprint density at radius 1 is 1.13 bits per heavy atom. The lowest BCUT2D eigenvalue weighted by Gasteiger charge is -2.32. The van der Waals surface area contributed by atoms with Crippen LogP contribution in [0.15, 0.2) is 70.9 Å². The van der Waals surface area contributed by atoms with E-state index in [1.807, 2.05) is 30.3 Å². The zero-order chi connectivity index (χ0) is 21.7. The van der Waals surface area contributed by atoms with Gasteiger partial charge in [0.1, 0.15) is 11.4 Å². The minimum atomic E-state index is -3.74. The Balaban J connectivity index is 1.36. The highest BCUT2D eigenvalue weighted by molar-refractivity contribution is 7.93. The summed E-state index contributed by atoms with van der Waals surface area (Å²) in [6.07, 6.45) is 1.89. The molecule has 31 heavy (non-hydrogen) atoms. The molecular formula is C22H23N3O4S2. The summed E-state index contributed by atoms with van der Waals surface area (Å²) < 4.78 is 33.2. The van der Waals surface area contributed by atoms with Gasteiger partial charge in [0.25, 0.3) is 15.9 Å². The second kappa shape index (κ2) is 9.49. The minimum Gasteiger partial charge on any atom is -0.493 e. The number of carbonyl (C=O) groups is 1. The summed E-state index contributed by atoms with van der Waals surface area (Å²) in [5.74, 6) is 0.874. The monoisotopic (exact) mass is 457 g/mol. The van der Waals surface area contributed by atoms with Gasteiger partial charge >= 0.3 is 0 Å². The maximum absolute atomic E-state index is 12.9. The van der Waals surface area contributed by atoms with Crippen molar-refractivity contribution in [3.05, 3.63) is 71.7 Å². The fourth-order valence-corrected chi connectivity index (χ4v) is 5.43. The van der Waals surface area contributed by atoms with Crippen LogP contribution in [0.25, 0.3) is 0 Å². The first-order chi connectivity index (χ1) is 15.0. The average Bonchev–Trinajstić information content (AvgIpc) is 3.26. The van der Waals surface area contributed by atoms with Gasteiger partial charge in [-0.1, -0.05) is 36.4 Å². The normalized spacial score (nSPS) is 16.6. The standard InChI is InChI=1S/C22H23N3O4S2/c26-21(25-13-7-8-17(14-25)15-29-18-9-3-1-4-10-18)20-16-30-22(23-20)24-31(27,28)19-11-5-2-6-12-19/h1-6,9-12,16-17H,7-8,13-15H2,(H,23,24). The molecule has 2 aromatic carbocycles. The lowest BCUT2D eigenvalue weighted by molar-refractivity contribution is 0.0628. The third kappa shape index (κ3) is 5.42. The summed E-state index contributed by atoms with van der Waals surface area (Å²) in [7, 11) is -3.74.